The summed E-state index contributed by atoms with van der Waals surface area (Å²) in [5, 5.41) is 5.29. The average molecular weight is 478 g/mol. The number of carbonyl (C=O) groups is 2. The van der Waals surface area contributed by atoms with Crippen molar-refractivity contribution in [1.82, 2.24) is 14.7 Å². The number of benzene rings is 2. The Labute approximate surface area is 204 Å². The van der Waals surface area contributed by atoms with Gasteiger partial charge in [-0.3, -0.25) is 14.5 Å². The largest absolute Gasteiger partial charge is 0.368 e. The highest BCUT2D eigenvalue weighted by Crippen LogP contribution is 2.29. The van der Waals surface area contributed by atoms with Gasteiger partial charge in [-0.2, -0.15) is 5.10 Å². The number of carbonyl (C=O) groups excluding carboxylic acids is 2. The molecule has 0 atom stereocenters. The first-order valence-electron chi connectivity index (χ1n) is 11.6. The van der Waals surface area contributed by atoms with Crippen molar-refractivity contribution in [2.45, 2.75) is 26.8 Å². The lowest BCUT2D eigenvalue weighted by Crippen LogP contribution is -2.52. The molecular formula is C26H28ClN5O2. The van der Waals surface area contributed by atoms with Crippen LogP contribution in [0.3, 0.4) is 0 Å². The van der Waals surface area contributed by atoms with Crippen LogP contribution in [0.2, 0.25) is 5.02 Å². The minimum absolute atomic E-state index is 0.0307. The van der Waals surface area contributed by atoms with Crippen LogP contribution < -0.4 is 9.80 Å². The number of anilines is 2. The molecular weight excluding hydrogens is 450 g/mol. The maximum atomic E-state index is 13.2. The van der Waals surface area contributed by atoms with E-state index in [0.717, 1.165) is 24.3 Å². The van der Waals surface area contributed by atoms with Crippen LogP contribution in [0.1, 0.15) is 17.5 Å². The zero-order chi connectivity index (χ0) is 23.8. The van der Waals surface area contributed by atoms with Gasteiger partial charge in [0.05, 0.1) is 12.2 Å². The molecule has 0 bridgehead atoms. The predicted octanol–water partition coefficient (Wildman–Crippen LogP) is 3.91. The zero-order valence-electron chi connectivity index (χ0n) is 19.5. The maximum Gasteiger partial charge on any atom is 0.242 e. The monoisotopic (exact) mass is 477 g/mol. The fourth-order valence-electron chi connectivity index (χ4n) is 4.70. The number of piperazine rings is 1. The van der Waals surface area contributed by atoms with Gasteiger partial charge in [0.25, 0.3) is 0 Å². The van der Waals surface area contributed by atoms with Gasteiger partial charge < -0.3 is 9.80 Å². The third kappa shape index (κ3) is 4.40. The van der Waals surface area contributed by atoms with E-state index in [-0.39, 0.29) is 18.4 Å². The van der Waals surface area contributed by atoms with Crippen molar-refractivity contribution in [3.63, 3.8) is 0 Å². The van der Waals surface area contributed by atoms with Crippen LogP contribution >= 0.6 is 11.6 Å². The van der Waals surface area contributed by atoms with Crippen LogP contribution in [0.4, 0.5) is 11.5 Å². The predicted molar refractivity (Wildman–Crippen MR) is 134 cm³/mol. The molecule has 2 aromatic carbocycles. The van der Waals surface area contributed by atoms with Crippen molar-refractivity contribution >= 4 is 34.9 Å². The Balaban J connectivity index is 1.28. The Morgan fingerprint density at radius 3 is 2.56 bits per heavy atom. The summed E-state index contributed by atoms with van der Waals surface area (Å²) in [5.41, 5.74) is 5.34. The molecule has 3 heterocycles. The summed E-state index contributed by atoms with van der Waals surface area (Å²) in [6.45, 7) is 7.59. The van der Waals surface area contributed by atoms with Crippen LogP contribution in [0, 0.1) is 13.8 Å². The van der Waals surface area contributed by atoms with Crippen molar-refractivity contribution in [1.29, 1.82) is 0 Å². The molecule has 1 saturated heterocycles. The van der Waals surface area contributed by atoms with Crippen molar-refractivity contribution in [2.24, 2.45) is 0 Å². The van der Waals surface area contributed by atoms with Crippen molar-refractivity contribution in [3.05, 3.63) is 64.7 Å². The SMILES string of the molecule is Cc1ccc(C)c(N2CCN(C(=O)CN3C(=O)CCn4nc(-c5cccc(Cl)c5)cc43)CC2)c1. The molecule has 8 heteroatoms. The molecule has 3 aromatic rings. The molecule has 5 rings (SSSR count). The van der Waals surface area contributed by atoms with Gasteiger partial charge in [0.1, 0.15) is 12.4 Å². The summed E-state index contributed by atoms with van der Waals surface area (Å²) in [4.78, 5) is 31.7. The highest BCUT2D eigenvalue weighted by molar-refractivity contribution is 6.30. The van der Waals surface area contributed by atoms with E-state index in [2.05, 4.69) is 42.0 Å². The summed E-state index contributed by atoms with van der Waals surface area (Å²) >= 11 is 6.14. The minimum atomic E-state index is -0.0487. The second kappa shape index (κ2) is 9.14. The number of fused-ring (bicyclic) bond motifs is 1. The van der Waals surface area contributed by atoms with E-state index in [1.807, 2.05) is 39.9 Å². The van der Waals surface area contributed by atoms with Crippen LogP contribution in [0.15, 0.2) is 48.5 Å². The first-order chi connectivity index (χ1) is 16.4. The second-order valence-corrected chi connectivity index (χ2v) is 9.45. The molecule has 2 aliphatic rings. The molecule has 1 aromatic heterocycles. The third-order valence-electron chi connectivity index (χ3n) is 6.63. The second-order valence-electron chi connectivity index (χ2n) is 9.01. The van der Waals surface area contributed by atoms with Crippen LogP contribution in [-0.4, -0.2) is 59.2 Å². The molecule has 0 radical (unpaired) electrons. The Morgan fingerprint density at radius 2 is 1.79 bits per heavy atom. The number of hydrogen-bond donors (Lipinski definition) is 0. The third-order valence-corrected chi connectivity index (χ3v) is 6.86. The highest BCUT2D eigenvalue weighted by atomic mass is 35.5. The normalized spacial score (nSPS) is 16.1. The molecule has 7 nitrogen and oxygen atoms in total. The van der Waals surface area contributed by atoms with E-state index in [0.29, 0.717) is 36.9 Å². The van der Waals surface area contributed by atoms with E-state index >= 15 is 0 Å². The van der Waals surface area contributed by atoms with Gasteiger partial charge >= 0.3 is 0 Å². The van der Waals surface area contributed by atoms with E-state index < -0.39 is 0 Å². The standard InChI is InChI=1S/C26H28ClN5O2/c1-18-6-7-19(2)23(14-18)29-10-12-30(13-11-29)26(34)17-31-24-16-22(20-4-3-5-21(27)15-20)28-32(24)9-8-25(31)33/h3-7,14-16H,8-13,17H2,1-2H3. The summed E-state index contributed by atoms with van der Waals surface area (Å²) in [6.07, 6.45) is 0.331. The average Bonchev–Trinajstić information content (AvgIpc) is 3.27. The number of amides is 2. The molecule has 0 N–H and O–H groups in total. The zero-order valence-corrected chi connectivity index (χ0v) is 20.3. The van der Waals surface area contributed by atoms with Gasteiger partial charge in [0.2, 0.25) is 11.8 Å². The van der Waals surface area contributed by atoms with Gasteiger partial charge in [0, 0.05) is 54.9 Å². The van der Waals surface area contributed by atoms with Crippen LogP contribution in [0.5, 0.6) is 0 Å². The smallest absolute Gasteiger partial charge is 0.242 e. The minimum Gasteiger partial charge on any atom is -0.368 e. The van der Waals surface area contributed by atoms with E-state index in [4.69, 9.17) is 11.6 Å². The summed E-state index contributed by atoms with van der Waals surface area (Å²) < 4.78 is 1.81. The Kier molecular flexibility index (Phi) is 6.04. The number of aryl methyl sites for hydroxylation is 3. The van der Waals surface area contributed by atoms with Crippen molar-refractivity contribution < 1.29 is 9.59 Å². The lowest BCUT2D eigenvalue weighted by Gasteiger charge is -2.38. The first kappa shape index (κ1) is 22.5. The van der Waals surface area contributed by atoms with Crippen LogP contribution in [-0.2, 0) is 16.1 Å². The van der Waals surface area contributed by atoms with Crippen molar-refractivity contribution in [2.75, 3.05) is 42.5 Å². The van der Waals surface area contributed by atoms with Gasteiger partial charge in [-0.25, -0.2) is 4.68 Å². The number of rotatable bonds is 4. The Hall–Kier alpha value is -3.32. The van der Waals surface area contributed by atoms with Gasteiger partial charge in [-0.15, -0.1) is 0 Å². The molecule has 0 saturated carbocycles. The number of halogens is 1. The molecule has 34 heavy (non-hydrogen) atoms. The molecule has 0 spiro atoms. The first-order valence-corrected chi connectivity index (χ1v) is 12.0. The van der Waals surface area contributed by atoms with E-state index in [1.54, 1.807) is 4.90 Å². The molecule has 2 amide bonds. The fraction of sp³-hybridized carbons (Fsp3) is 0.346. The number of nitrogens with zero attached hydrogens (tertiary/aromatic N) is 5. The Morgan fingerprint density at radius 1 is 1.00 bits per heavy atom. The van der Waals surface area contributed by atoms with Gasteiger partial charge in [-0.1, -0.05) is 35.9 Å². The van der Waals surface area contributed by atoms with Gasteiger partial charge in [0.15, 0.2) is 0 Å². The summed E-state index contributed by atoms with van der Waals surface area (Å²) in [6, 6.07) is 15.8. The van der Waals surface area contributed by atoms with Gasteiger partial charge in [-0.05, 0) is 43.2 Å². The van der Waals surface area contributed by atoms with Crippen molar-refractivity contribution in [3.8, 4) is 11.3 Å². The number of aromatic nitrogens is 2. The highest BCUT2D eigenvalue weighted by Gasteiger charge is 2.31. The topological polar surface area (TPSA) is 61.7 Å². The maximum absolute atomic E-state index is 13.2. The Bertz CT molecular complexity index is 1250. The van der Waals surface area contributed by atoms with Crippen LogP contribution in [0.25, 0.3) is 11.3 Å². The summed E-state index contributed by atoms with van der Waals surface area (Å²) in [7, 11) is 0. The molecule has 1 fully saturated rings. The molecule has 0 aliphatic carbocycles. The van der Waals surface area contributed by atoms with E-state index in [9.17, 15) is 9.59 Å². The lowest BCUT2D eigenvalue weighted by atomic mass is 10.1. The quantitative estimate of drug-likeness (QED) is 0.571. The summed E-state index contributed by atoms with van der Waals surface area (Å²) in [5.74, 6) is 0.578. The molecule has 0 unspecified atom stereocenters. The van der Waals surface area contributed by atoms with E-state index in [1.165, 1.54) is 16.8 Å². The lowest BCUT2D eigenvalue weighted by molar-refractivity contribution is -0.132. The molecule has 2 aliphatic heterocycles. The number of hydrogen-bond acceptors (Lipinski definition) is 4. The fourth-order valence-corrected chi connectivity index (χ4v) is 4.89. The molecule has 176 valence electrons.